The molecule has 9 heteroatoms. The molecule has 1 aromatic heterocycles. The van der Waals surface area contributed by atoms with Crippen LogP contribution in [0, 0.1) is 13.8 Å². The molecule has 3 heterocycles. The molecule has 3 aromatic rings. The van der Waals surface area contributed by atoms with Crippen LogP contribution in [-0.4, -0.2) is 50.8 Å². The predicted molar refractivity (Wildman–Crippen MR) is 148 cm³/mol. The number of nitrogens with one attached hydrogen (secondary N) is 2. The molecule has 0 aliphatic carbocycles. The van der Waals surface area contributed by atoms with Crippen LogP contribution in [0.15, 0.2) is 42.6 Å². The number of anilines is 4. The third kappa shape index (κ3) is 5.38. The standard InChI is InChI=1S/C28H36N8O/c1-17-10-18(2)12-22(11-17)32-28-31-15-21-16-35(8-7-25(21)33-28)23-6-9-36(19(3)13-23)27(37)20-4-5-26(34-30)24(29)14-20/h4-5,10-12,14-15,19,23,34H,6-9,13,16,29-30H2,1-3H3,(H,31,32,33). The van der Waals surface area contributed by atoms with Crippen LogP contribution in [0.3, 0.4) is 0 Å². The lowest BCUT2D eigenvalue weighted by atomic mass is 9.93. The third-order valence-corrected chi connectivity index (χ3v) is 7.52. The summed E-state index contributed by atoms with van der Waals surface area (Å²) in [6.07, 6.45) is 4.74. The molecule has 1 fully saturated rings. The highest BCUT2D eigenvalue weighted by Crippen LogP contribution is 2.29. The highest BCUT2D eigenvalue weighted by molar-refractivity contribution is 5.96. The number of hydrogen-bond donors (Lipinski definition) is 4. The van der Waals surface area contributed by atoms with Gasteiger partial charge in [-0.15, -0.1) is 0 Å². The number of aryl methyl sites for hydroxylation is 2. The molecule has 37 heavy (non-hydrogen) atoms. The number of aromatic nitrogens is 2. The maximum absolute atomic E-state index is 13.2. The lowest BCUT2D eigenvalue weighted by molar-refractivity contribution is 0.0441. The number of nitrogens with zero attached hydrogens (tertiary/aromatic N) is 4. The van der Waals surface area contributed by atoms with Crippen LogP contribution >= 0.6 is 0 Å². The fourth-order valence-corrected chi connectivity index (χ4v) is 5.66. The Morgan fingerprint density at radius 2 is 1.89 bits per heavy atom. The molecule has 2 aromatic carbocycles. The first kappa shape index (κ1) is 25.0. The van der Waals surface area contributed by atoms with Crippen LogP contribution in [0.25, 0.3) is 0 Å². The van der Waals surface area contributed by atoms with E-state index in [2.05, 4.69) is 59.6 Å². The van der Waals surface area contributed by atoms with Gasteiger partial charge >= 0.3 is 0 Å². The maximum Gasteiger partial charge on any atom is 0.254 e. The quantitative estimate of drug-likeness (QED) is 0.237. The van der Waals surface area contributed by atoms with Crippen LogP contribution in [0.1, 0.15) is 52.5 Å². The fourth-order valence-electron chi connectivity index (χ4n) is 5.66. The van der Waals surface area contributed by atoms with E-state index in [1.54, 1.807) is 18.2 Å². The molecule has 0 radical (unpaired) electrons. The van der Waals surface area contributed by atoms with Crippen LogP contribution in [0.4, 0.5) is 23.0 Å². The van der Waals surface area contributed by atoms with Crippen molar-refractivity contribution in [2.45, 2.75) is 58.7 Å². The minimum atomic E-state index is 0.0162. The number of likely N-dealkylation sites (tertiary alicyclic amines) is 1. The van der Waals surface area contributed by atoms with E-state index in [9.17, 15) is 4.79 Å². The number of hydrazine groups is 1. The number of hydrogen-bond acceptors (Lipinski definition) is 8. The second kappa shape index (κ2) is 10.4. The average molecular weight is 501 g/mol. The van der Waals surface area contributed by atoms with E-state index in [-0.39, 0.29) is 11.9 Å². The largest absolute Gasteiger partial charge is 0.397 e. The van der Waals surface area contributed by atoms with Crippen molar-refractivity contribution < 1.29 is 4.79 Å². The van der Waals surface area contributed by atoms with Crippen molar-refractivity contribution in [3.8, 4) is 0 Å². The van der Waals surface area contributed by atoms with Gasteiger partial charge in [-0.2, -0.15) is 0 Å². The molecule has 2 aliphatic heterocycles. The Morgan fingerprint density at radius 3 is 2.59 bits per heavy atom. The highest BCUT2D eigenvalue weighted by atomic mass is 16.2. The van der Waals surface area contributed by atoms with Crippen molar-refractivity contribution in [1.82, 2.24) is 19.8 Å². The summed E-state index contributed by atoms with van der Waals surface area (Å²) in [4.78, 5) is 27.1. The zero-order chi connectivity index (χ0) is 26.1. The van der Waals surface area contributed by atoms with Gasteiger partial charge in [0.05, 0.1) is 17.1 Å². The van der Waals surface area contributed by atoms with Crippen LogP contribution in [0.2, 0.25) is 0 Å². The van der Waals surface area contributed by atoms with E-state index < -0.39 is 0 Å². The van der Waals surface area contributed by atoms with Gasteiger partial charge < -0.3 is 21.4 Å². The molecule has 2 atom stereocenters. The normalized spacial score (nSPS) is 19.8. The average Bonchev–Trinajstić information content (AvgIpc) is 2.87. The predicted octanol–water partition coefficient (Wildman–Crippen LogP) is 3.76. The zero-order valence-electron chi connectivity index (χ0n) is 21.8. The second-order valence-corrected chi connectivity index (χ2v) is 10.4. The summed E-state index contributed by atoms with van der Waals surface area (Å²) in [7, 11) is 0. The molecule has 2 unspecified atom stereocenters. The van der Waals surface area contributed by atoms with E-state index in [4.69, 9.17) is 16.6 Å². The third-order valence-electron chi connectivity index (χ3n) is 7.52. The second-order valence-electron chi connectivity index (χ2n) is 10.4. The molecule has 1 saturated heterocycles. The number of nitrogens with two attached hydrogens (primary N) is 2. The van der Waals surface area contributed by atoms with E-state index in [1.807, 2.05) is 11.1 Å². The van der Waals surface area contributed by atoms with Gasteiger partial charge in [-0.3, -0.25) is 15.5 Å². The number of carbonyl (C=O) groups is 1. The number of fused-ring (bicyclic) bond motifs is 1. The first-order valence-corrected chi connectivity index (χ1v) is 12.9. The molecule has 9 nitrogen and oxygen atoms in total. The van der Waals surface area contributed by atoms with Gasteiger partial charge in [-0.1, -0.05) is 6.07 Å². The van der Waals surface area contributed by atoms with Crippen LogP contribution < -0.4 is 22.3 Å². The van der Waals surface area contributed by atoms with Crippen molar-refractivity contribution in [3.05, 3.63) is 70.5 Å². The molecular weight excluding hydrogens is 464 g/mol. The number of rotatable bonds is 5. The van der Waals surface area contributed by atoms with Crippen molar-refractivity contribution in [2.75, 3.05) is 29.6 Å². The smallest absolute Gasteiger partial charge is 0.254 e. The monoisotopic (exact) mass is 500 g/mol. The molecule has 1 amide bonds. The Kier molecular flexibility index (Phi) is 6.99. The number of carbonyl (C=O) groups excluding carboxylic acids is 1. The summed E-state index contributed by atoms with van der Waals surface area (Å²) >= 11 is 0. The Labute approximate surface area is 218 Å². The SMILES string of the molecule is Cc1cc(C)cc(Nc2ncc3c(n2)CCN(C2CCN(C(=O)c4ccc(NN)c(N)c4)C(C)C2)C3)c1. The summed E-state index contributed by atoms with van der Waals surface area (Å²) in [5, 5.41) is 3.36. The minimum Gasteiger partial charge on any atom is -0.397 e. The van der Waals surface area contributed by atoms with Crippen molar-refractivity contribution in [2.24, 2.45) is 5.84 Å². The lowest BCUT2D eigenvalue weighted by Gasteiger charge is -2.43. The number of piperidine rings is 1. The molecular formula is C28H36N8O. The van der Waals surface area contributed by atoms with Crippen molar-refractivity contribution >= 4 is 28.9 Å². The number of benzene rings is 2. The zero-order valence-corrected chi connectivity index (χ0v) is 21.8. The minimum absolute atomic E-state index is 0.0162. The summed E-state index contributed by atoms with van der Waals surface area (Å²) in [5.74, 6) is 6.13. The van der Waals surface area contributed by atoms with E-state index in [0.29, 0.717) is 28.9 Å². The van der Waals surface area contributed by atoms with Gasteiger partial charge in [0.2, 0.25) is 5.95 Å². The van der Waals surface area contributed by atoms with Gasteiger partial charge in [-0.25, -0.2) is 9.97 Å². The van der Waals surface area contributed by atoms with Gasteiger partial charge in [0.25, 0.3) is 5.91 Å². The Hall–Kier alpha value is -3.69. The Bertz CT molecular complexity index is 1290. The summed E-state index contributed by atoms with van der Waals surface area (Å²) in [6, 6.07) is 12.2. The summed E-state index contributed by atoms with van der Waals surface area (Å²) < 4.78 is 0. The molecule has 0 saturated carbocycles. The van der Waals surface area contributed by atoms with E-state index >= 15 is 0 Å². The van der Waals surface area contributed by atoms with Crippen molar-refractivity contribution in [1.29, 1.82) is 0 Å². The maximum atomic E-state index is 13.2. The first-order valence-electron chi connectivity index (χ1n) is 12.9. The topological polar surface area (TPSA) is 125 Å². The molecule has 0 spiro atoms. The van der Waals surface area contributed by atoms with Gasteiger partial charge in [0, 0.05) is 61.1 Å². The molecule has 6 N–H and O–H groups in total. The van der Waals surface area contributed by atoms with Gasteiger partial charge in [0.1, 0.15) is 0 Å². The van der Waals surface area contributed by atoms with Gasteiger partial charge in [0.15, 0.2) is 0 Å². The van der Waals surface area contributed by atoms with Crippen LogP contribution in [0.5, 0.6) is 0 Å². The van der Waals surface area contributed by atoms with Crippen molar-refractivity contribution in [3.63, 3.8) is 0 Å². The van der Waals surface area contributed by atoms with Gasteiger partial charge in [-0.05, 0) is 75.1 Å². The molecule has 0 bridgehead atoms. The van der Waals surface area contributed by atoms with E-state index in [0.717, 1.165) is 50.3 Å². The van der Waals surface area contributed by atoms with Crippen LogP contribution in [-0.2, 0) is 13.0 Å². The van der Waals surface area contributed by atoms with E-state index in [1.165, 1.54) is 16.7 Å². The summed E-state index contributed by atoms with van der Waals surface area (Å²) in [5.41, 5.74) is 16.0. The molecule has 2 aliphatic rings. The lowest BCUT2D eigenvalue weighted by Crippen LogP contribution is -2.52. The first-order chi connectivity index (χ1) is 17.8. The number of nitrogen functional groups attached to an aromatic ring is 2. The number of amides is 1. The Balaban J connectivity index is 1.21. The highest BCUT2D eigenvalue weighted by Gasteiger charge is 2.34. The molecule has 194 valence electrons. The summed E-state index contributed by atoms with van der Waals surface area (Å²) in [6.45, 7) is 8.84. The molecule has 5 rings (SSSR count). The Morgan fingerprint density at radius 1 is 1.11 bits per heavy atom. The fraction of sp³-hybridized carbons (Fsp3) is 0.393.